The van der Waals surface area contributed by atoms with E-state index in [0.717, 1.165) is 21.4 Å². The van der Waals surface area contributed by atoms with Gasteiger partial charge in [-0.25, -0.2) is 0 Å². The highest BCUT2D eigenvalue weighted by Crippen LogP contribution is 2.21. The monoisotopic (exact) mass is 332 g/mol. The number of halogens is 1. The topological polar surface area (TPSA) is 32.3 Å². The molecule has 0 spiro atoms. The SMILES string of the molecule is Cc1cc(C(=O)Nc2cccc(Br)c2)ccc1N(C)C. The van der Waals surface area contributed by atoms with Crippen LogP contribution < -0.4 is 10.2 Å². The summed E-state index contributed by atoms with van der Waals surface area (Å²) in [6, 6.07) is 13.3. The first-order valence-corrected chi connectivity index (χ1v) is 7.11. The van der Waals surface area contributed by atoms with E-state index in [-0.39, 0.29) is 5.91 Å². The molecule has 0 heterocycles. The lowest BCUT2D eigenvalue weighted by atomic mass is 10.1. The molecule has 0 saturated carbocycles. The van der Waals surface area contributed by atoms with Crippen LogP contribution in [0.1, 0.15) is 15.9 Å². The second-order valence-corrected chi connectivity index (χ2v) is 5.78. The Bertz CT molecular complexity index is 638. The Balaban J connectivity index is 2.19. The van der Waals surface area contributed by atoms with E-state index >= 15 is 0 Å². The molecule has 3 nitrogen and oxygen atoms in total. The molecule has 2 aromatic carbocycles. The lowest BCUT2D eigenvalue weighted by Crippen LogP contribution is -2.14. The van der Waals surface area contributed by atoms with Crippen molar-refractivity contribution in [3.05, 3.63) is 58.1 Å². The molecule has 0 aliphatic carbocycles. The van der Waals surface area contributed by atoms with E-state index in [2.05, 4.69) is 21.2 Å². The minimum atomic E-state index is -0.100. The second kappa shape index (κ2) is 6.09. The van der Waals surface area contributed by atoms with Gasteiger partial charge in [0.2, 0.25) is 0 Å². The minimum Gasteiger partial charge on any atom is -0.377 e. The van der Waals surface area contributed by atoms with Gasteiger partial charge in [0.1, 0.15) is 0 Å². The lowest BCUT2D eigenvalue weighted by Gasteiger charge is -2.16. The van der Waals surface area contributed by atoms with Crippen molar-refractivity contribution >= 4 is 33.2 Å². The average Bonchev–Trinajstić information content (AvgIpc) is 2.38. The van der Waals surface area contributed by atoms with Gasteiger partial charge in [-0.15, -0.1) is 0 Å². The van der Waals surface area contributed by atoms with Gasteiger partial charge >= 0.3 is 0 Å². The molecular formula is C16H17BrN2O. The number of hydrogen-bond acceptors (Lipinski definition) is 2. The number of nitrogens with zero attached hydrogens (tertiary/aromatic N) is 1. The number of nitrogens with one attached hydrogen (secondary N) is 1. The van der Waals surface area contributed by atoms with E-state index < -0.39 is 0 Å². The Morgan fingerprint density at radius 3 is 2.50 bits per heavy atom. The number of benzene rings is 2. The zero-order valence-corrected chi connectivity index (χ0v) is 13.4. The van der Waals surface area contributed by atoms with Crippen molar-refractivity contribution < 1.29 is 4.79 Å². The smallest absolute Gasteiger partial charge is 0.255 e. The van der Waals surface area contributed by atoms with Gasteiger partial charge < -0.3 is 10.2 Å². The van der Waals surface area contributed by atoms with Crippen molar-refractivity contribution in [1.82, 2.24) is 0 Å². The van der Waals surface area contributed by atoms with Crippen LogP contribution >= 0.6 is 15.9 Å². The van der Waals surface area contributed by atoms with Gasteiger partial charge in [0.25, 0.3) is 5.91 Å². The van der Waals surface area contributed by atoms with Gasteiger partial charge in [0.15, 0.2) is 0 Å². The van der Waals surface area contributed by atoms with Gasteiger partial charge in [0, 0.05) is 35.5 Å². The zero-order valence-electron chi connectivity index (χ0n) is 11.8. The molecule has 1 amide bonds. The normalized spacial score (nSPS) is 10.2. The van der Waals surface area contributed by atoms with Crippen molar-refractivity contribution in [2.75, 3.05) is 24.3 Å². The third-order valence-corrected chi connectivity index (χ3v) is 3.52. The second-order valence-electron chi connectivity index (χ2n) is 4.86. The van der Waals surface area contributed by atoms with Gasteiger partial charge in [-0.05, 0) is 48.9 Å². The van der Waals surface area contributed by atoms with E-state index in [9.17, 15) is 4.79 Å². The van der Waals surface area contributed by atoms with Crippen molar-refractivity contribution in [2.24, 2.45) is 0 Å². The first-order chi connectivity index (χ1) is 9.47. The minimum absolute atomic E-state index is 0.100. The van der Waals surface area contributed by atoms with Gasteiger partial charge in [0.05, 0.1) is 0 Å². The Hall–Kier alpha value is -1.81. The number of anilines is 2. The number of amides is 1. The molecule has 0 atom stereocenters. The average molecular weight is 333 g/mol. The standard InChI is InChI=1S/C16H17BrN2O/c1-11-9-12(7-8-15(11)19(2)3)16(20)18-14-6-4-5-13(17)10-14/h4-10H,1-3H3,(H,18,20). The molecule has 0 fully saturated rings. The van der Waals surface area contributed by atoms with Crippen LogP contribution in [0.4, 0.5) is 11.4 Å². The maximum Gasteiger partial charge on any atom is 0.255 e. The molecule has 4 heteroatoms. The van der Waals surface area contributed by atoms with Crippen molar-refractivity contribution in [1.29, 1.82) is 0 Å². The van der Waals surface area contributed by atoms with Crippen molar-refractivity contribution in [3.63, 3.8) is 0 Å². The first-order valence-electron chi connectivity index (χ1n) is 6.32. The maximum atomic E-state index is 12.2. The summed E-state index contributed by atoms with van der Waals surface area (Å²) in [5, 5.41) is 2.89. The van der Waals surface area contributed by atoms with Crippen LogP contribution in [-0.4, -0.2) is 20.0 Å². The number of aryl methyl sites for hydroxylation is 1. The molecule has 0 aliphatic heterocycles. The maximum absolute atomic E-state index is 12.2. The van der Waals surface area contributed by atoms with E-state index in [1.165, 1.54) is 0 Å². The summed E-state index contributed by atoms with van der Waals surface area (Å²) in [4.78, 5) is 14.3. The Morgan fingerprint density at radius 2 is 1.90 bits per heavy atom. The molecule has 2 aromatic rings. The fourth-order valence-corrected chi connectivity index (χ4v) is 2.47. The highest BCUT2D eigenvalue weighted by atomic mass is 79.9. The molecule has 104 valence electrons. The van der Waals surface area contributed by atoms with Crippen LogP contribution in [-0.2, 0) is 0 Å². The Kier molecular flexibility index (Phi) is 4.45. The van der Waals surface area contributed by atoms with Crippen LogP contribution in [0, 0.1) is 6.92 Å². The third kappa shape index (κ3) is 3.39. The van der Waals surface area contributed by atoms with E-state index in [1.807, 2.05) is 68.4 Å². The van der Waals surface area contributed by atoms with E-state index in [1.54, 1.807) is 0 Å². The van der Waals surface area contributed by atoms with Crippen LogP contribution in [0.5, 0.6) is 0 Å². The summed E-state index contributed by atoms with van der Waals surface area (Å²) < 4.78 is 0.939. The van der Waals surface area contributed by atoms with E-state index in [4.69, 9.17) is 0 Å². The number of carbonyl (C=O) groups excluding carboxylic acids is 1. The Morgan fingerprint density at radius 1 is 1.15 bits per heavy atom. The summed E-state index contributed by atoms with van der Waals surface area (Å²) in [5.41, 5.74) is 3.63. The lowest BCUT2D eigenvalue weighted by molar-refractivity contribution is 0.102. The molecule has 0 aliphatic rings. The fraction of sp³-hybridized carbons (Fsp3) is 0.188. The van der Waals surface area contributed by atoms with Crippen molar-refractivity contribution in [3.8, 4) is 0 Å². The molecule has 1 N–H and O–H groups in total. The molecule has 0 aromatic heterocycles. The van der Waals surface area contributed by atoms with Gasteiger partial charge in [-0.3, -0.25) is 4.79 Å². The summed E-state index contributed by atoms with van der Waals surface area (Å²) in [5.74, 6) is -0.100. The molecule has 0 bridgehead atoms. The molecule has 0 unspecified atom stereocenters. The molecule has 20 heavy (non-hydrogen) atoms. The number of rotatable bonds is 3. The molecule has 0 saturated heterocycles. The summed E-state index contributed by atoms with van der Waals surface area (Å²) >= 11 is 3.39. The predicted octanol–water partition coefficient (Wildman–Crippen LogP) is 4.08. The van der Waals surface area contributed by atoms with Crippen molar-refractivity contribution in [2.45, 2.75) is 6.92 Å². The number of hydrogen-bond donors (Lipinski definition) is 1. The van der Waals surface area contributed by atoms with E-state index in [0.29, 0.717) is 5.56 Å². The zero-order chi connectivity index (χ0) is 14.7. The predicted molar refractivity (Wildman–Crippen MR) is 87.6 cm³/mol. The first kappa shape index (κ1) is 14.6. The van der Waals surface area contributed by atoms with Gasteiger partial charge in [-0.2, -0.15) is 0 Å². The highest BCUT2D eigenvalue weighted by Gasteiger charge is 2.09. The highest BCUT2D eigenvalue weighted by molar-refractivity contribution is 9.10. The summed E-state index contributed by atoms with van der Waals surface area (Å²) in [6.45, 7) is 2.01. The number of carbonyl (C=O) groups is 1. The largest absolute Gasteiger partial charge is 0.377 e. The Labute approximate surface area is 127 Å². The molecule has 0 radical (unpaired) electrons. The third-order valence-electron chi connectivity index (χ3n) is 3.02. The summed E-state index contributed by atoms with van der Waals surface area (Å²) in [6.07, 6.45) is 0. The quantitative estimate of drug-likeness (QED) is 0.918. The van der Waals surface area contributed by atoms with Crippen LogP contribution in [0.2, 0.25) is 0 Å². The fourth-order valence-electron chi connectivity index (χ4n) is 2.07. The van der Waals surface area contributed by atoms with Crippen LogP contribution in [0.15, 0.2) is 46.9 Å². The van der Waals surface area contributed by atoms with Gasteiger partial charge in [-0.1, -0.05) is 22.0 Å². The summed E-state index contributed by atoms with van der Waals surface area (Å²) in [7, 11) is 3.98. The molecule has 2 rings (SSSR count). The molecular weight excluding hydrogens is 316 g/mol. The van der Waals surface area contributed by atoms with Crippen LogP contribution in [0.3, 0.4) is 0 Å². The van der Waals surface area contributed by atoms with Crippen LogP contribution in [0.25, 0.3) is 0 Å².